The SMILES string of the molecule is Cc1cccc(C)c1NCC1CCC(=O)N1CCSc1nc(C(=O)O)cs1. The average molecular weight is 406 g/mol. The van der Waals surface area contributed by atoms with Gasteiger partial charge in [-0.15, -0.1) is 11.3 Å². The molecule has 3 rings (SSSR count). The summed E-state index contributed by atoms with van der Waals surface area (Å²) in [6.07, 6.45) is 1.45. The number of aromatic carboxylic acids is 1. The lowest BCUT2D eigenvalue weighted by Gasteiger charge is -2.26. The quantitative estimate of drug-likeness (QED) is 0.653. The molecular weight excluding hydrogens is 382 g/mol. The van der Waals surface area contributed by atoms with Crippen molar-refractivity contribution >= 4 is 40.7 Å². The second kappa shape index (κ2) is 8.75. The molecule has 2 N–H and O–H groups in total. The largest absolute Gasteiger partial charge is 0.476 e. The standard InChI is InChI=1S/C19H23N3O3S2/c1-12-4-3-5-13(2)17(12)20-10-14-6-7-16(23)22(14)8-9-26-19-21-15(11-27-19)18(24)25/h3-5,11,14,20H,6-10H2,1-2H3,(H,24,25). The summed E-state index contributed by atoms with van der Waals surface area (Å²) < 4.78 is 0.726. The van der Waals surface area contributed by atoms with Crippen molar-refractivity contribution in [3.8, 4) is 0 Å². The normalized spacial score (nSPS) is 16.7. The third kappa shape index (κ3) is 4.81. The van der Waals surface area contributed by atoms with Gasteiger partial charge >= 0.3 is 5.97 Å². The number of hydrogen-bond acceptors (Lipinski definition) is 6. The number of aromatic nitrogens is 1. The molecule has 0 bridgehead atoms. The number of benzene rings is 1. The van der Waals surface area contributed by atoms with Gasteiger partial charge in [0.05, 0.1) is 0 Å². The summed E-state index contributed by atoms with van der Waals surface area (Å²) in [7, 11) is 0. The molecule has 0 spiro atoms. The fourth-order valence-electron chi connectivity index (χ4n) is 3.28. The lowest BCUT2D eigenvalue weighted by atomic mass is 10.1. The van der Waals surface area contributed by atoms with Gasteiger partial charge in [0.2, 0.25) is 5.91 Å². The highest BCUT2D eigenvalue weighted by atomic mass is 32.2. The molecule has 8 heteroatoms. The van der Waals surface area contributed by atoms with Gasteiger partial charge in [0.25, 0.3) is 0 Å². The third-order valence-corrected chi connectivity index (χ3v) is 6.71. The summed E-state index contributed by atoms with van der Waals surface area (Å²) in [6.45, 7) is 5.55. The highest BCUT2D eigenvalue weighted by Crippen LogP contribution is 2.26. The fraction of sp³-hybridized carbons (Fsp3) is 0.421. The number of likely N-dealkylation sites (tertiary alicyclic amines) is 1. The number of thiazole rings is 1. The van der Waals surface area contributed by atoms with Crippen LogP contribution in [0.4, 0.5) is 5.69 Å². The molecule has 1 aliphatic heterocycles. The number of para-hydroxylation sites is 1. The van der Waals surface area contributed by atoms with Crippen molar-refractivity contribution in [3.05, 3.63) is 40.4 Å². The van der Waals surface area contributed by atoms with E-state index in [2.05, 4.69) is 36.3 Å². The van der Waals surface area contributed by atoms with E-state index in [1.807, 2.05) is 11.0 Å². The topological polar surface area (TPSA) is 82.5 Å². The Morgan fingerprint density at radius 1 is 1.41 bits per heavy atom. The Hall–Kier alpha value is -2.06. The van der Waals surface area contributed by atoms with E-state index in [0.717, 1.165) is 23.0 Å². The molecule has 1 unspecified atom stereocenters. The van der Waals surface area contributed by atoms with Crippen molar-refractivity contribution in [1.29, 1.82) is 0 Å². The molecule has 1 aromatic carbocycles. The molecule has 144 valence electrons. The van der Waals surface area contributed by atoms with Crippen LogP contribution in [0.2, 0.25) is 0 Å². The lowest BCUT2D eigenvalue weighted by Crippen LogP contribution is -2.39. The van der Waals surface area contributed by atoms with Crippen LogP contribution in [0.3, 0.4) is 0 Å². The fourth-order valence-corrected chi connectivity index (χ4v) is 5.09. The number of rotatable bonds is 8. The lowest BCUT2D eigenvalue weighted by molar-refractivity contribution is -0.128. The van der Waals surface area contributed by atoms with Gasteiger partial charge in [-0.25, -0.2) is 9.78 Å². The van der Waals surface area contributed by atoms with Gasteiger partial charge in [0, 0.05) is 42.4 Å². The summed E-state index contributed by atoms with van der Waals surface area (Å²) in [5.41, 5.74) is 3.64. The first-order valence-corrected chi connectivity index (χ1v) is 10.7. The van der Waals surface area contributed by atoms with E-state index in [9.17, 15) is 9.59 Å². The molecule has 1 atom stereocenters. The summed E-state index contributed by atoms with van der Waals surface area (Å²) in [5.74, 6) is -0.113. The molecule has 2 aromatic rings. The van der Waals surface area contributed by atoms with Crippen molar-refractivity contribution < 1.29 is 14.7 Å². The van der Waals surface area contributed by atoms with Crippen molar-refractivity contribution in [3.63, 3.8) is 0 Å². The molecule has 1 fully saturated rings. The molecule has 6 nitrogen and oxygen atoms in total. The number of hydrogen-bond donors (Lipinski definition) is 2. The van der Waals surface area contributed by atoms with Crippen LogP contribution in [0.15, 0.2) is 27.9 Å². The molecule has 1 aromatic heterocycles. The van der Waals surface area contributed by atoms with Gasteiger partial charge in [-0.3, -0.25) is 4.79 Å². The molecule has 2 heterocycles. The Kier molecular flexibility index (Phi) is 6.38. The van der Waals surface area contributed by atoms with E-state index in [4.69, 9.17) is 5.11 Å². The van der Waals surface area contributed by atoms with Crippen LogP contribution in [0.1, 0.15) is 34.5 Å². The molecule has 0 saturated carbocycles. The zero-order valence-electron chi connectivity index (χ0n) is 15.4. The van der Waals surface area contributed by atoms with E-state index < -0.39 is 5.97 Å². The number of carbonyl (C=O) groups is 2. The van der Waals surface area contributed by atoms with Crippen LogP contribution >= 0.6 is 23.1 Å². The molecule has 27 heavy (non-hydrogen) atoms. The number of carboxylic acids is 1. The second-order valence-corrected chi connectivity index (χ2v) is 8.78. The Balaban J connectivity index is 1.53. The van der Waals surface area contributed by atoms with E-state index >= 15 is 0 Å². The van der Waals surface area contributed by atoms with E-state index in [1.165, 1.54) is 34.2 Å². The maximum atomic E-state index is 12.3. The molecule has 1 amide bonds. The smallest absolute Gasteiger partial charge is 0.355 e. The van der Waals surface area contributed by atoms with Gasteiger partial charge in [-0.05, 0) is 31.4 Å². The maximum absolute atomic E-state index is 12.3. The first kappa shape index (κ1) is 19.7. The monoisotopic (exact) mass is 405 g/mol. The van der Waals surface area contributed by atoms with Gasteiger partial charge < -0.3 is 15.3 Å². The zero-order valence-corrected chi connectivity index (χ0v) is 17.0. The van der Waals surface area contributed by atoms with E-state index in [0.29, 0.717) is 18.7 Å². The van der Waals surface area contributed by atoms with Gasteiger partial charge in [0.15, 0.2) is 10.0 Å². The second-order valence-electron chi connectivity index (χ2n) is 6.58. The number of carbonyl (C=O) groups excluding carboxylic acids is 1. The average Bonchev–Trinajstić information content (AvgIpc) is 3.23. The van der Waals surface area contributed by atoms with Crippen molar-refractivity contribution in [2.24, 2.45) is 0 Å². The zero-order chi connectivity index (χ0) is 19.4. The van der Waals surface area contributed by atoms with Crippen LogP contribution in [-0.2, 0) is 4.79 Å². The Morgan fingerprint density at radius 2 is 2.15 bits per heavy atom. The summed E-state index contributed by atoms with van der Waals surface area (Å²) >= 11 is 2.83. The van der Waals surface area contributed by atoms with Crippen LogP contribution in [0.5, 0.6) is 0 Å². The number of nitrogens with zero attached hydrogens (tertiary/aromatic N) is 2. The third-order valence-electron chi connectivity index (χ3n) is 4.71. The van der Waals surface area contributed by atoms with Crippen LogP contribution < -0.4 is 5.32 Å². The predicted octanol–water partition coefficient (Wildman–Crippen LogP) is 3.65. The first-order valence-electron chi connectivity index (χ1n) is 8.87. The number of anilines is 1. The van der Waals surface area contributed by atoms with Gasteiger partial charge in [-0.2, -0.15) is 0 Å². The number of thioether (sulfide) groups is 1. The molecule has 1 aliphatic rings. The summed E-state index contributed by atoms with van der Waals surface area (Å²) in [5, 5.41) is 14.0. The minimum absolute atomic E-state index is 0.0791. The first-order chi connectivity index (χ1) is 13.0. The van der Waals surface area contributed by atoms with Crippen molar-refractivity contribution in [2.75, 3.05) is 24.2 Å². The van der Waals surface area contributed by atoms with E-state index in [1.54, 1.807) is 5.38 Å². The van der Waals surface area contributed by atoms with Crippen LogP contribution in [0, 0.1) is 13.8 Å². The minimum atomic E-state index is -1.01. The Labute approximate surface area is 167 Å². The number of aryl methyl sites for hydroxylation is 2. The van der Waals surface area contributed by atoms with Crippen LogP contribution in [0.25, 0.3) is 0 Å². The predicted molar refractivity (Wildman–Crippen MR) is 109 cm³/mol. The van der Waals surface area contributed by atoms with Gasteiger partial charge in [-0.1, -0.05) is 30.0 Å². The van der Waals surface area contributed by atoms with Crippen LogP contribution in [-0.4, -0.2) is 51.8 Å². The Bertz CT molecular complexity index is 817. The van der Waals surface area contributed by atoms with Gasteiger partial charge in [0.1, 0.15) is 0 Å². The number of nitrogens with one attached hydrogen (secondary N) is 1. The van der Waals surface area contributed by atoms with E-state index in [-0.39, 0.29) is 17.6 Å². The summed E-state index contributed by atoms with van der Waals surface area (Å²) in [4.78, 5) is 29.2. The van der Waals surface area contributed by atoms with Crippen molar-refractivity contribution in [2.45, 2.75) is 37.1 Å². The molecular formula is C19H23N3O3S2. The molecule has 0 radical (unpaired) electrons. The Morgan fingerprint density at radius 3 is 2.81 bits per heavy atom. The minimum Gasteiger partial charge on any atom is -0.476 e. The number of carboxylic acid groups (broad SMARTS) is 1. The molecule has 0 aliphatic carbocycles. The molecule has 1 saturated heterocycles. The highest BCUT2D eigenvalue weighted by Gasteiger charge is 2.30. The van der Waals surface area contributed by atoms with Crippen molar-refractivity contribution in [1.82, 2.24) is 9.88 Å². The highest BCUT2D eigenvalue weighted by molar-refractivity contribution is 8.01. The number of amides is 1. The summed E-state index contributed by atoms with van der Waals surface area (Å²) in [6, 6.07) is 6.40. The maximum Gasteiger partial charge on any atom is 0.355 e.